The Labute approximate surface area is 107 Å². The van der Waals surface area contributed by atoms with Gasteiger partial charge in [-0.1, -0.05) is 5.92 Å². The summed E-state index contributed by atoms with van der Waals surface area (Å²) >= 11 is 0. The molecule has 0 aliphatic heterocycles. The lowest BCUT2D eigenvalue weighted by molar-refractivity contribution is 0.0636. The quantitative estimate of drug-likeness (QED) is 0.770. The van der Waals surface area contributed by atoms with E-state index in [1.54, 1.807) is 32.9 Å². The number of ether oxygens (including phenoxy) is 1. The molecule has 0 aliphatic carbocycles. The molecule has 0 aliphatic rings. The fraction of sp³-hybridized carbons (Fsp3) is 0.286. The van der Waals surface area contributed by atoms with Gasteiger partial charge in [-0.15, -0.1) is 6.42 Å². The number of nitrogens with zero attached hydrogens (tertiary/aromatic N) is 1. The first-order chi connectivity index (χ1) is 8.35. The Bertz CT molecular complexity index is 542. The van der Waals surface area contributed by atoms with E-state index >= 15 is 0 Å². The highest BCUT2D eigenvalue weighted by atomic mass is 16.6. The summed E-state index contributed by atoms with van der Waals surface area (Å²) < 4.78 is 5.10. The van der Waals surface area contributed by atoms with Gasteiger partial charge in [0.05, 0.1) is 11.3 Å². The predicted molar refractivity (Wildman–Crippen MR) is 68.9 cm³/mol. The van der Waals surface area contributed by atoms with Crippen molar-refractivity contribution >= 4 is 11.8 Å². The Morgan fingerprint density at radius 3 is 2.61 bits per heavy atom. The Kier molecular flexibility index (Phi) is 3.97. The molecule has 0 saturated heterocycles. The number of anilines is 1. The minimum atomic E-state index is -0.604. The largest absolute Gasteiger partial charge is 0.444 e. The fourth-order valence-electron chi connectivity index (χ4n) is 1.25. The molecule has 92 valence electrons. The third-order valence-corrected chi connectivity index (χ3v) is 1.94. The summed E-state index contributed by atoms with van der Waals surface area (Å²) in [4.78, 5) is 11.6. The first-order valence-corrected chi connectivity index (χ1v) is 5.36. The number of terminal acetylenes is 1. The van der Waals surface area contributed by atoms with Gasteiger partial charge in [0.1, 0.15) is 11.7 Å². The Hall–Kier alpha value is -2.46. The summed E-state index contributed by atoms with van der Waals surface area (Å²) in [7, 11) is 0. The lowest BCUT2D eigenvalue weighted by Crippen LogP contribution is -2.27. The van der Waals surface area contributed by atoms with E-state index in [0.717, 1.165) is 0 Å². The van der Waals surface area contributed by atoms with Crippen LogP contribution in [0.5, 0.6) is 0 Å². The van der Waals surface area contributed by atoms with Crippen molar-refractivity contribution < 1.29 is 9.53 Å². The Morgan fingerprint density at radius 2 is 2.11 bits per heavy atom. The molecule has 0 heterocycles. The van der Waals surface area contributed by atoms with Crippen molar-refractivity contribution in [2.45, 2.75) is 26.4 Å². The zero-order valence-corrected chi connectivity index (χ0v) is 10.6. The van der Waals surface area contributed by atoms with Gasteiger partial charge in [-0.3, -0.25) is 5.32 Å². The first kappa shape index (κ1) is 13.6. The van der Waals surface area contributed by atoms with E-state index in [2.05, 4.69) is 11.2 Å². The zero-order valence-electron chi connectivity index (χ0n) is 10.6. The van der Waals surface area contributed by atoms with Crippen molar-refractivity contribution in [1.82, 2.24) is 0 Å². The normalized spacial score (nSPS) is 10.1. The number of nitrogens with one attached hydrogen (secondary N) is 1. The van der Waals surface area contributed by atoms with Gasteiger partial charge >= 0.3 is 6.09 Å². The molecule has 1 aromatic rings. The molecule has 4 nitrogen and oxygen atoms in total. The van der Waals surface area contributed by atoms with Crippen molar-refractivity contribution in [2.24, 2.45) is 0 Å². The summed E-state index contributed by atoms with van der Waals surface area (Å²) in [5.74, 6) is 2.43. The van der Waals surface area contributed by atoms with E-state index in [1.807, 2.05) is 6.07 Å². The van der Waals surface area contributed by atoms with Gasteiger partial charge < -0.3 is 4.74 Å². The standard InChI is InChI=1S/C14H14N2O2/c1-5-10-6-7-12(11(8-10)9-15)16-13(17)18-14(2,3)4/h1,6-8H,2-4H3,(H,16,17). The zero-order chi connectivity index (χ0) is 13.8. The predicted octanol–water partition coefficient (Wildman–Crippen LogP) is 2.89. The van der Waals surface area contributed by atoms with Gasteiger partial charge in [0.25, 0.3) is 0 Å². The van der Waals surface area contributed by atoms with Gasteiger partial charge in [-0.05, 0) is 39.0 Å². The summed E-state index contributed by atoms with van der Waals surface area (Å²) in [6.07, 6.45) is 4.63. The lowest BCUT2D eigenvalue weighted by atomic mass is 10.1. The molecule has 0 spiro atoms. The summed E-state index contributed by atoms with van der Waals surface area (Å²) in [5, 5.41) is 11.5. The second-order valence-corrected chi connectivity index (χ2v) is 4.64. The van der Waals surface area contributed by atoms with Crippen LogP contribution in [0.2, 0.25) is 0 Å². The highest BCUT2D eigenvalue weighted by molar-refractivity contribution is 5.87. The molecule has 0 saturated carbocycles. The third kappa shape index (κ3) is 3.84. The van der Waals surface area contributed by atoms with Crippen LogP contribution in [0.1, 0.15) is 31.9 Å². The molecule has 0 aromatic heterocycles. The molecular weight excluding hydrogens is 228 g/mol. The molecular formula is C14H14N2O2. The Balaban J connectivity index is 2.90. The maximum atomic E-state index is 11.6. The van der Waals surface area contributed by atoms with Crippen LogP contribution in [0.4, 0.5) is 10.5 Å². The van der Waals surface area contributed by atoms with E-state index in [-0.39, 0.29) is 0 Å². The molecule has 1 amide bonds. The minimum absolute atomic E-state index is 0.302. The fourth-order valence-corrected chi connectivity index (χ4v) is 1.25. The van der Waals surface area contributed by atoms with E-state index in [9.17, 15) is 4.79 Å². The molecule has 18 heavy (non-hydrogen) atoms. The van der Waals surface area contributed by atoms with Crippen LogP contribution < -0.4 is 5.32 Å². The van der Waals surface area contributed by atoms with Crippen LogP contribution in [0.3, 0.4) is 0 Å². The number of amides is 1. The maximum Gasteiger partial charge on any atom is 0.412 e. The number of nitriles is 1. The van der Waals surface area contributed by atoms with Crippen LogP contribution in [-0.4, -0.2) is 11.7 Å². The van der Waals surface area contributed by atoms with Crippen molar-refractivity contribution in [2.75, 3.05) is 5.32 Å². The Morgan fingerprint density at radius 1 is 1.44 bits per heavy atom. The van der Waals surface area contributed by atoms with E-state index in [1.165, 1.54) is 6.07 Å². The molecule has 4 heteroatoms. The molecule has 0 atom stereocenters. The van der Waals surface area contributed by atoms with Crippen LogP contribution in [-0.2, 0) is 4.74 Å². The van der Waals surface area contributed by atoms with Gasteiger partial charge in [0.2, 0.25) is 0 Å². The molecule has 0 unspecified atom stereocenters. The van der Waals surface area contributed by atoms with Gasteiger partial charge in [-0.25, -0.2) is 4.79 Å². The lowest BCUT2D eigenvalue weighted by Gasteiger charge is -2.19. The van der Waals surface area contributed by atoms with Crippen LogP contribution in [0, 0.1) is 23.7 Å². The average Bonchev–Trinajstić information content (AvgIpc) is 2.27. The smallest absolute Gasteiger partial charge is 0.412 e. The molecule has 1 rings (SSSR count). The molecule has 1 aromatic carbocycles. The minimum Gasteiger partial charge on any atom is -0.444 e. The molecule has 0 fully saturated rings. The van der Waals surface area contributed by atoms with Crippen molar-refractivity contribution in [3.63, 3.8) is 0 Å². The van der Waals surface area contributed by atoms with Gasteiger partial charge in [0.15, 0.2) is 0 Å². The topological polar surface area (TPSA) is 62.1 Å². The van der Waals surface area contributed by atoms with E-state index < -0.39 is 11.7 Å². The van der Waals surface area contributed by atoms with Crippen LogP contribution in [0.25, 0.3) is 0 Å². The average molecular weight is 242 g/mol. The number of benzene rings is 1. The van der Waals surface area contributed by atoms with Gasteiger partial charge in [-0.2, -0.15) is 5.26 Å². The monoisotopic (exact) mass is 242 g/mol. The van der Waals surface area contributed by atoms with Crippen molar-refractivity contribution in [1.29, 1.82) is 5.26 Å². The molecule has 1 N–H and O–H groups in total. The SMILES string of the molecule is C#Cc1ccc(NC(=O)OC(C)(C)C)c(C#N)c1. The summed E-state index contributed by atoms with van der Waals surface area (Å²) in [5.41, 5.74) is 0.679. The second-order valence-electron chi connectivity index (χ2n) is 4.64. The second kappa shape index (κ2) is 5.25. The summed E-state index contributed by atoms with van der Waals surface area (Å²) in [6.45, 7) is 5.29. The highest BCUT2D eigenvalue weighted by Gasteiger charge is 2.17. The van der Waals surface area contributed by atoms with Crippen molar-refractivity contribution in [3.05, 3.63) is 29.3 Å². The maximum absolute atomic E-state index is 11.6. The number of hydrogen-bond acceptors (Lipinski definition) is 3. The first-order valence-electron chi connectivity index (χ1n) is 5.36. The van der Waals surface area contributed by atoms with Crippen LogP contribution in [0.15, 0.2) is 18.2 Å². The number of rotatable bonds is 1. The van der Waals surface area contributed by atoms with Crippen LogP contribution >= 0.6 is 0 Å². The summed E-state index contributed by atoms with van der Waals surface area (Å²) in [6, 6.07) is 6.73. The highest BCUT2D eigenvalue weighted by Crippen LogP contribution is 2.17. The number of carbonyl (C=O) groups is 1. The third-order valence-electron chi connectivity index (χ3n) is 1.94. The molecule has 0 radical (unpaired) electrons. The molecule has 0 bridgehead atoms. The van der Waals surface area contributed by atoms with Crippen molar-refractivity contribution in [3.8, 4) is 18.4 Å². The van der Waals surface area contributed by atoms with Gasteiger partial charge in [0, 0.05) is 5.56 Å². The number of hydrogen-bond donors (Lipinski definition) is 1. The number of carbonyl (C=O) groups excluding carboxylic acids is 1. The van der Waals surface area contributed by atoms with E-state index in [0.29, 0.717) is 16.8 Å². The van der Waals surface area contributed by atoms with E-state index in [4.69, 9.17) is 16.4 Å².